The lowest BCUT2D eigenvalue weighted by Crippen LogP contribution is -2.42. The third-order valence-electron chi connectivity index (χ3n) is 5.50. The molecule has 0 heterocycles. The van der Waals surface area contributed by atoms with E-state index in [0.717, 1.165) is 13.0 Å². The van der Waals surface area contributed by atoms with E-state index in [2.05, 4.69) is 30.4 Å². The van der Waals surface area contributed by atoms with Crippen LogP contribution in [0, 0.1) is 0 Å². The molecule has 2 aliphatic carbocycles. The molecule has 2 aliphatic rings. The van der Waals surface area contributed by atoms with Crippen molar-refractivity contribution < 1.29 is 4.74 Å². The van der Waals surface area contributed by atoms with Gasteiger partial charge in [-0.3, -0.25) is 0 Å². The molecule has 1 atom stereocenters. The SMILES string of the molecule is CCNC(CC1(OC)CCC1)c1ccc2c(c1)CCCC2. The molecule has 2 heteroatoms. The molecule has 1 N–H and O–H groups in total. The summed E-state index contributed by atoms with van der Waals surface area (Å²) in [6.45, 7) is 3.22. The van der Waals surface area contributed by atoms with E-state index in [1.807, 2.05) is 7.11 Å². The van der Waals surface area contributed by atoms with E-state index in [1.165, 1.54) is 50.5 Å². The van der Waals surface area contributed by atoms with Crippen molar-refractivity contribution in [2.45, 2.75) is 69.9 Å². The Morgan fingerprint density at radius 1 is 1.14 bits per heavy atom. The molecule has 1 fully saturated rings. The molecule has 0 aromatic heterocycles. The molecular weight excluding hydrogens is 258 g/mol. The van der Waals surface area contributed by atoms with Gasteiger partial charge in [0, 0.05) is 13.2 Å². The van der Waals surface area contributed by atoms with Gasteiger partial charge in [-0.05, 0) is 74.6 Å². The summed E-state index contributed by atoms with van der Waals surface area (Å²) in [6, 6.07) is 7.61. The van der Waals surface area contributed by atoms with Crippen LogP contribution in [0.2, 0.25) is 0 Å². The molecule has 1 aromatic rings. The van der Waals surface area contributed by atoms with Crippen LogP contribution < -0.4 is 5.32 Å². The van der Waals surface area contributed by atoms with Crippen LogP contribution in [-0.2, 0) is 17.6 Å². The highest BCUT2D eigenvalue weighted by Crippen LogP contribution is 2.42. The van der Waals surface area contributed by atoms with Gasteiger partial charge in [-0.2, -0.15) is 0 Å². The summed E-state index contributed by atoms with van der Waals surface area (Å²) in [7, 11) is 1.88. The van der Waals surface area contributed by atoms with Crippen molar-refractivity contribution in [1.29, 1.82) is 0 Å². The third kappa shape index (κ3) is 3.17. The van der Waals surface area contributed by atoms with Crippen molar-refractivity contribution >= 4 is 0 Å². The van der Waals surface area contributed by atoms with E-state index >= 15 is 0 Å². The Morgan fingerprint density at radius 2 is 1.90 bits per heavy atom. The predicted octanol–water partition coefficient (Wildman–Crippen LogP) is 4.18. The minimum atomic E-state index is 0.128. The first-order valence-corrected chi connectivity index (χ1v) is 8.66. The maximum Gasteiger partial charge on any atom is 0.0697 e. The van der Waals surface area contributed by atoms with Crippen LogP contribution in [0.1, 0.15) is 68.2 Å². The maximum atomic E-state index is 5.84. The molecule has 116 valence electrons. The van der Waals surface area contributed by atoms with Crippen LogP contribution in [0.3, 0.4) is 0 Å². The first kappa shape index (κ1) is 15.1. The van der Waals surface area contributed by atoms with Crippen molar-refractivity contribution in [3.63, 3.8) is 0 Å². The van der Waals surface area contributed by atoms with Crippen molar-refractivity contribution in [1.82, 2.24) is 5.32 Å². The lowest BCUT2D eigenvalue weighted by molar-refractivity contribution is -0.0837. The molecule has 3 rings (SSSR count). The van der Waals surface area contributed by atoms with Crippen LogP contribution in [0.25, 0.3) is 0 Å². The summed E-state index contributed by atoms with van der Waals surface area (Å²) in [5.74, 6) is 0. The molecule has 1 unspecified atom stereocenters. The van der Waals surface area contributed by atoms with Crippen molar-refractivity contribution in [2.24, 2.45) is 0 Å². The van der Waals surface area contributed by atoms with Gasteiger partial charge in [-0.1, -0.05) is 25.1 Å². The fourth-order valence-corrected chi connectivity index (χ4v) is 3.96. The average molecular weight is 287 g/mol. The summed E-state index contributed by atoms with van der Waals surface area (Å²) >= 11 is 0. The van der Waals surface area contributed by atoms with Crippen LogP contribution >= 0.6 is 0 Å². The van der Waals surface area contributed by atoms with Gasteiger partial charge in [0.25, 0.3) is 0 Å². The van der Waals surface area contributed by atoms with Gasteiger partial charge in [0.05, 0.1) is 5.60 Å². The number of nitrogens with one attached hydrogen (secondary N) is 1. The lowest BCUT2D eigenvalue weighted by atomic mass is 9.74. The van der Waals surface area contributed by atoms with Gasteiger partial charge < -0.3 is 10.1 Å². The predicted molar refractivity (Wildman–Crippen MR) is 87.7 cm³/mol. The molecular formula is C19H29NO. The van der Waals surface area contributed by atoms with Crippen LogP contribution in [0.4, 0.5) is 0 Å². The zero-order valence-corrected chi connectivity index (χ0v) is 13.6. The summed E-state index contributed by atoms with van der Waals surface area (Å²) in [5.41, 5.74) is 4.75. The lowest BCUT2D eigenvalue weighted by Gasteiger charge is -2.43. The van der Waals surface area contributed by atoms with Crippen LogP contribution in [0.5, 0.6) is 0 Å². The zero-order chi connectivity index (χ0) is 14.7. The molecule has 0 saturated heterocycles. The van der Waals surface area contributed by atoms with E-state index in [1.54, 1.807) is 11.1 Å². The minimum absolute atomic E-state index is 0.128. The number of hydrogen-bond acceptors (Lipinski definition) is 2. The summed E-state index contributed by atoms with van der Waals surface area (Å²) in [4.78, 5) is 0. The number of fused-ring (bicyclic) bond motifs is 1. The molecule has 21 heavy (non-hydrogen) atoms. The third-order valence-corrected chi connectivity index (χ3v) is 5.50. The number of aryl methyl sites for hydroxylation is 2. The van der Waals surface area contributed by atoms with Gasteiger partial charge in [0.2, 0.25) is 0 Å². The molecule has 1 saturated carbocycles. The number of methoxy groups -OCH3 is 1. The molecule has 0 spiro atoms. The monoisotopic (exact) mass is 287 g/mol. The van der Waals surface area contributed by atoms with Crippen LogP contribution in [-0.4, -0.2) is 19.3 Å². The first-order valence-electron chi connectivity index (χ1n) is 8.66. The van der Waals surface area contributed by atoms with Gasteiger partial charge in [0.15, 0.2) is 0 Å². The molecule has 1 aromatic carbocycles. The molecule has 0 amide bonds. The Kier molecular flexibility index (Phi) is 4.66. The highest BCUT2D eigenvalue weighted by atomic mass is 16.5. The second-order valence-corrected chi connectivity index (χ2v) is 6.79. The average Bonchev–Trinajstić information content (AvgIpc) is 2.49. The normalized spacial score (nSPS) is 21.4. The number of benzene rings is 1. The Morgan fingerprint density at radius 3 is 2.52 bits per heavy atom. The van der Waals surface area contributed by atoms with Crippen molar-refractivity contribution in [2.75, 3.05) is 13.7 Å². The van der Waals surface area contributed by atoms with E-state index in [4.69, 9.17) is 4.74 Å². The molecule has 0 bridgehead atoms. The number of hydrogen-bond donors (Lipinski definition) is 1. The highest BCUT2D eigenvalue weighted by Gasteiger charge is 2.39. The number of ether oxygens (including phenoxy) is 1. The van der Waals surface area contributed by atoms with Crippen molar-refractivity contribution in [3.8, 4) is 0 Å². The fraction of sp³-hybridized carbons (Fsp3) is 0.684. The topological polar surface area (TPSA) is 21.3 Å². The molecule has 2 nitrogen and oxygen atoms in total. The zero-order valence-electron chi connectivity index (χ0n) is 13.6. The quantitative estimate of drug-likeness (QED) is 0.847. The van der Waals surface area contributed by atoms with E-state index in [0.29, 0.717) is 6.04 Å². The Bertz CT molecular complexity index is 473. The highest BCUT2D eigenvalue weighted by molar-refractivity contribution is 5.35. The number of rotatable bonds is 6. The van der Waals surface area contributed by atoms with Crippen LogP contribution in [0.15, 0.2) is 18.2 Å². The van der Waals surface area contributed by atoms with E-state index in [-0.39, 0.29) is 5.60 Å². The Labute approximate surface area is 129 Å². The second-order valence-electron chi connectivity index (χ2n) is 6.79. The fourth-order valence-electron chi connectivity index (χ4n) is 3.96. The molecule has 0 radical (unpaired) electrons. The standard InChI is InChI=1S/C19H29NO/c1-3-20-18(14-19(21-2)11-6-12-19)17-10-9-15-7-4-5-8-16(15)13-17/h9-10,13,18,20H,3-8,11-12,14H2,1-2H3. The van der Waals surface area contributed by atoms with Gasteiger partial charge >= 0.3 is 0 Å². The Hall–Kier alpha value is -0.860. The smallest absolute Gasteiger partial charge is 0.0697 e. The van der Waals surface area contributed by atoms with E-state index < -0.39 is 0 Å². The van der Waals surface area contributed by atoms with Gasteiger partial charge in [0.1, 0.15) is 0 Å². The summed E-state index contributed by atoms with van der Waals surface area (Å²) < 4.78 is 5.84. The second kappa shape index (κ2) is 6.50. The summed E-state index contributed by atoms with van der Waals surface area (Å²) in [6.07, 6.45) is 10.1. The largest absolute Gasteiger partial charge is 0.378 e. The summed E-state index contributed by atoms with van der Waals surface area (Å²) in [5, 5.41) is 3.68. The van der Waals surface area contributed by atoms with Crippen molar-refractivity contribution in [3.05, 3.63) is 34.9 Å². The van der Waals surface area contributed by atoms with Gasteiger partial charge in [-0.15, -0.1) is 0 Å². The molecule has 0 aliphatic heterocycles. The Balaban J connectivity index is 1.79. The minimum Gasteiger partial charge on any atom is -0.378 e. The van der Waals surface area contributed by atoms with Gasteiger partial charge in [-0.25, -0.2) is 0 Å². The maximum absolute atomic E-state index is 5.84. The van der Waals surface area contributed by atoms with E-state index in [9.17, 15) is 0 Å². The first-order chi connectivity index (χ1) is 10.3.